The highest BCUT2D eigenvalue weighted by Gasteiger charge is 2.15. The number of benzene rings is 1. The molecule has 136 valence electrons. The van der Waals surface area contributed by atoms with Crippen LogP contribution in [0.5, 0.6) is 0 Å². The fourth-order valence-electron chi connectivity index (χ4n) is 2.89. The largest absolute Gasteiger partial charge is 0.382 e. The molecule has 0 atom stereocenters. The van der Waals surface area contributed by atoms with Crippen LogP contribution in [0.15, 0.2) is 66.0 Å². The Morgan fingerprint density at radius 3 is 2.56 bits per heavy atom. The number of aromatic nitrogens is 4. The third-order valence-electron chi connectivity index (χ3n) is 4.14. The minimum Gasteiger partial charge on any atom is -0.382 e. The van der Waals surface area contributed by atoms with Crippen LogP contribution in [0.1, 0.15) is 0 Å². The van der Waals surface area contributed by atoms with Gasteiger partial charge in [-0.15, -0.1) is 0 Å². The topological polar surface area (TPSA) is 116 Å². The number of nitrogens with zero attached hydrogens (tertiary/aromatic N) is 4. The Bertz CT molecular complexity index is 1220. The van der Waals surface area contributed by atoms with E-state index in [0.717, 1.165) is 16.5 Å². The smallest absolute Gasteiger partial charge is 0.263 e. The molecule has 0 spiro atoms. The van der Waals surface area contributed by atoms with Crippen molar-refractivity contribution in [3.05, 3.63) is 61.1 Å². The van der Waals surface area contributed by atoms with Crippen LogP contribution in [0, 0.1) is 0 Å². The summed E-state index contributed by atoms with van der Waals surface area (Å²) in [7, 11) is -1.90. The van der Waals surface area contributed by atoms with Crippen molar-refractivity contribution < 1.29 is 8.42 Å². The Labute approximate surface area is 155 Å². The maximum absolute atomic E-state index is 12.4. The molecule has 1 aromatic carbocycles. The molecule has 0 fully saturated rings. The Kier molecular flexibility index (Phi) is 4.00. The van der Waals surface area contributed by atoms with Gasteiger partial charge in [0.05, 0.1) is 5.39 Å². The summed E-state index contributed by atoms with van der Waals surface area (Å²) in [6.45, 7) is 0. The fourth-order valence-corrected chi connectivity index (χ4v) is 3.91. The third kappa shape index (κ3) is 3.08. The number of hydrogen-bond donors (Lipinski definition) is 2. The molecule has 3 heterocycles. The van der Waals surface area contributed by atoms with E-state index >= 15 is 0 Å². The van der Waals surface area contributed by atoms with Crippen LogP contribution in [0.25, 0.3) is 22.2 Å². The number of sulfonamides is 1. The van der Waals surface area contributed by atoms with Crippen molar-refractivity contribution >= 4 is 32.6 Å². The van der Waals surface area contributed by atoms with Crippen molar-refractivity contribution in [1.82, 2.24) is 19.7 Å². The first-order chi connectivity index (χ1) is 13.0. The molecule has 0 aliphatic heterocycles. The molecule has 0 unspecified atom stereocenters. The first kappa shape index (κ1) is 17.0. The average Bonchev–Trinajstić information content (AvgIpc) is 2.97. The van der Waals surface area contributed by atoms with Gasteiger partial charge in [-0.25, -0.2) is 18.1 Å². The molecule has 0 aliphatic carbocycles. The summed E-state index contributed by atoms with van der Waals surface area (Å²) < 4.78 is 29.0. The molecule has 0 amide bonds. The molecule has 8 nitrogen and oxygen atoms in total. The maximum atomic E-state index is 12.4. The molecule has 27 heavy (non-hydrogen) atoms. The lowest BCUT2D eigenvalue weighted by Gasteiger charge is -2.09. The second-order valence-corrected chi connectivity index (χ2v) is 7.62. The predicted molar refractivity (Wildman–Crippen MR) is 103 cm³/mol. The summed E-state index contributed by atoms with van der Waals surface area (Å²) in [6, 6.07) is 12.0. The summed E-state index contributed by atoms with van der Waals surface area (Å²) in [5.74, 6) is 0.400. The van der Waals surface area contributed by atoms with Crippen molar-refractivity contribution in [2.45, 2.75) is 4.90 Å². The van der Waals surface area contributed by atoms with Gasteiger partial charge in [0, 0.05) is 31.3 Å². The van der Waals surface area contributed by atoms with Gasteiger partial charge in [0.1, 0.15) is 4.90 Å². The predicted octanol–water partition coefficient (Wildman–Crippen LogP) is 2.41. The first-order valence-electron chi connectivity index (χ1n) is 8.06. The summed E-state index contributed by atoms with van der Waals surface area (Å²) in [6.07, 6.45) is 4.51. The maximum Gasteiger partial charge on any atom is 0.263 e. The Morgan fingerprint density at radius 2 is 1.85 bits per heavy atom. The molecule has 3 N–H and O–H groups in total. The highest BCUT2D eigenvalue weighted by molar-refractivity contribution is 7.92. The monoisotopic (exact) mass is 380 g/mol. The van der Waals surface area contributed by atoms with Crippen LogP contribution in [-0.4, -0.2) is 28.2 Å². The summed E-state index contributed by atoms with van der Waals surface area (Å²) >= 11 is 0. The molecular weight excluding hydrogens is 364 g/mol. The zero-order valence-electron chi connectivity index (χ0n) is 14.4. The Hall–Kier alpha value is -3.46. The number of fused-ring (bicyclic) bond motifs is 1. The number of nitrogen functional groups attached to an aromatic ring is 1. The van der Waals surface area contributed by atoms with Gasteiger partial charge in [0.2, 0.25) is 0 Å². The van der Waals surface area contributed by atoms with Crippen LogP contribution < -0.4 is 10.5 Å². The van der Waals surface area contributed by atoms with E-state index in [1.54, 1.807) is 36.1 Å². The number of anilines is 2. The van der Waals surface area contributed by atoms with Crippen molar-refractivity contribution in [3.8, 4) is 11.1 Å². The van der Waals surface area contributed by atoms with Crippen molar-refractivity contribution in [2.75, 3.05) is 10.5 Å². The van der Waals surface area contributed by atoms with Gasteiger partial charge < -0.3 is 5.73 Å². The summed E-state index contributed by atoms with van der Waals surface area (Å²) in [4.78, 5) is 8.26. The van der Waals surface area contributed by atoms with Crippen LogP contribution in [0.2, 0.25) is 0 Å². The molecular formula is C18H16N6O2S. The molecule has 3 aromatic heterocycles. The van der Waals surface area contributed by atoms with E-state index in [1.807, 2.05) is 18.2 Å². The fraction of sp³-hybridized carbons (Fsp3) is 0.0556. The molecule has 9 heteroatoms. The third-order valence-corrected chi connectivity index (χ3v) is 5.51. The van der Waals surface area contributed by atoms with Gasteiger partial charge in [-0.2, -0.15) is 5.10 Å². The lowest BCUT2D eigenvalue weighted by atomic mass is 10.0. The van der Waals surface area contributed by atoms with Crippen LogP contribution >= 0.6 is 0 Å². The van der Waals surface area contributed by atoms with Gasteiger partial charge in [-0.1, -0.05) is 12.1 Å². The van der Waals surface area contributed by atoms with Gasteiger partial charge in [-0.05, 0) is 41.5 Å². The zero-order chi connectivity index (χ0) is 19.0. The summed E-state index contributed by atoms with van der Waals surface area (Å²) in [5.41, 5.74) is 8.92. The minimum atomic E-state index is -3.68. The van der Waals surface area contributed by atoms with Gasteiger partial charge >= 0.3 is 0 Å². The van der Waals surface area contributed by atoms with Gasteiger partial charge in [-0.3, -0.25) is 9.71 Å². The lowest BCUT2D eigenvalue weighted by molar-refractivity contribution is 0.601. The summed E-state index contributed by atoms with van der Waals surface area (Å²) in [5, 5.41) is 4.98. The molecule has 0 saturated carbocycles. The van der Waals surface area contributed by atoms with E-state index in [-0.39, 0.29) is 4.90 Å². The Balaban J connectivity index is 1.68. The standard InChI is InChI=1S/C18H16N6O2S/c1-24-18-16(17(19)22-24)15(8-10-21-18)12-4-6-13(7-5-12)23-27(25,26)14-3-2-9-20-11-14/h2-11,23H,1H3,(H2,19,22). The molecule has 4 rings (SSSR count). The van der Waals surface area contributed by atoms with Gasteiger partial charge in [0.25, 0.3) is 10.0 Å². The minimum absolute atomic E-state index is 0.105. The zero-order valence-corrected chi connectivity index (χ0v) is 15.2. The highest BCUT2D eigenvalue weighted by atomic mass is 32.2. The number of pyridine rings is 2. The number of hydrogen-bond acceptors (Lipinski definition) is 6. The van der Waals surface area contributed by atoms with Crippen LogP contribution in [0.3, 0.4) is 0 Å². The molecule has 4 aromatic rings. The molecule has 0 radical (unpaired) electrons. The SMILES string of the molecule is Cn1nc(N)c2c(-c3ccc(NS(=O)(=O)c4cccnc4)cc3)ccnc21. The van der Waals surface area contributed by atoms with Crippen LogP contribution in [0.4, 0.5) is 11.5 Å². The van der Waals surface area contributed by atoms with E-state index < -0.39 is 10.0 Å². The van der Waals surface area contributed by atoms with Crippen molar-refractivity contribution in [1.29, 1.82) is 0 Å². The van der Waals surface area contributed by atoms with Gasteiger partial charge in [0.15, 0.2) is 11.5 Å². The van der Waals surface area contributed by atoms with E-state index in [4.69, 9.17) is 5.73 Å². The van der Waals surface area contributed by atoms with E-state index in [9.17, 15) is 8.42 Å². The lowest BCUT2D eigenvalue weighted by Crippen LogP contribution is -2.12. The normalized spacial score (nSPS) is 11.6. The Morgan fingerprint density at radius 1 is 1.07 bits per heavy atom. The average molecular weight is 380 g/mol. The molecule has 0 aliphatic rings. The second kappa shape index (κ2) is 6.36. The highest BCUT2D eigenvalue weighted by Crippen LogP contribution is 2.31. The molecule has 0 saturated heterocycles. The quantitative estimate of drug-likeness (QED) is 0.562. The number of nitrogens with two attached hydrogens (primary N) is 1. The molecule has 0 bridgehead atoms. The van der Waals surface area contributed by atoms with Crippen LogP contribution in [-0.2, 0) is 17.1 Å². The van der Waals surface area contributed by atoms with Crippen molar-refractivity contribution in [3.63, 3.8) is 0 Å². The first-order valence-corrected chi connectivity index (χ1v) is 9.54. The van der Waals surface area contributed by atoms with E-state index in [1.165, 1.54) is 18.5 Å². The van der Waals surface area contributed by atoms with E-state index in [2.05, 4.69) is 19.8 Å². The number of nitrogens with one attached hydrogen (secondary N) is 1. The number of aryl methyl sites for hydroxylation is 1. The number of rotatable bonds is 4. The second-order valence-electron chi connectivity index (χ2n) is 5.94. The van der Waals surface area contributed by atoms with Crippen molar-refractivity contribution in [2.24, 2.45) is 7.05 Å². The van der Waals surface area contributed by atoms with E-state index in [0.29, 0.717) is 17.2 Å².